The molecule has 4 heteroatoms. The van der Waals surface area contributed by atoms with Gasteiger partial charge in [-0.2, -0.15) is 0 Å². The van der Waals surface area contributed by atoms with Gasteiger partial charge in [0, 0.05) is 32.0 Å². The minimum absolute atomic E-state index is 0.492. The Morgan fingerprint density at radius 2 is 2.32 bits per heavy atom. The van der Waals surface area contributed by atoms with Crippen molar-refractivity contribution < 1.29 is 4.74 Å². The zero-order valence-corrected chi connectivity index (χ0v) is 12.4. The summed E-state index contributed by atoms with van der Waals surface area (Å²) in [5.41, 5.74) is 1.23. The molecule has 0 spiro atoms. The first-order chi connectivity index (χ1) is 9.20. The molecule has 0 radical (unpaired) electrons. The maximum absolute atomic E-state index is 5.66. The summed E-state index contributed by atoms with van der Waals surface area (Å²) in [5, 5.41) is 0. The van der Waals surface area contributed by atoms with Gasteiger partial charge in [-0.25, -0.2) is 9.97 Å². The largest absolute Gasteiger partial charge is 0.378 e. The van der Waals surface area contributed by atoms with Crippen molar-refractivity contribution in [1.29, 1.82) is 0 Å². The van der Waals surface area contributed by atoms with E-state index in [2.05, 4.69) is 28.8 Å². The van der Waals surface area contributed by atoms with Crippen LogP contribution in [0.1, 0.15) is 44.0 Å². The summed E-state index contributed by atoms with van der Waals surface area (Å²) in [7, 11) is 2.12. The first-order valence-electron chi connectivity index (χ1n) is 7.36. The zero-order valence-electron chi connectivity index (χ0n) is 12.4. The predicted octanol–water partition coefficient (Wildman–Crippen LogP) is 2.74. The van der Waals surface area contributed by atoms with Gasteiger partial charge in [-0.05, 0) is 39.0 Å². The monoisotopic (exact) mass is 263 g/mol. The minimum Gasteiger partial charge on any atom is -0.378 e. The molecule has 1 fully saturated rings. The molecule has 0 bridgehead atoms. The Kier molecular flexibility index (Phi) is 5.14. The number of aromatic nitrogens is 2. The van der Waals surface area contributed by atoms with Crippen molar-refractivity contribution in [3.63, 3.8) is 0 Å². The highest BCUT2D eigenvalue weighted by molar-refractivity contribution is 5.45. The SMILES string of the molecule is CCc1cnc(C)nc1N(C)CCCC1CCCO1. The molecule has 0 aromatic carbocycles. The molecule has 106 valence electrons. The summed E-state index contributed by atoms with van der Waals surface area (Å²) >= 11 is 0. The second-order valence-corrected chi connectivity index (χ2v) is 5.32. The Balaban J connectivity index is 1.87. The summed E-state index contributed by atoms with van der Waals surface area (Å²) in [4.78, 5) is 11.1. The van der Waals surface area contributed by atoms with Crippen molar-refractivity contribution in [2.75, 3.05) is 25.1 Å². The average molecular weight is 263 g/mol. The second-order valence-electron chi connectivity index (χ2n) is 5.32. The summed E-state index contributed by atoms with van der Waals surface area (Å²) in [5.74, 6) is 1.93. The highest BCUT2D eigenvalue weighted by Gasteiger charge is 2.15. The fourth-order valence-electron chi connectivity index (χ4n) is 2.60. The van der Waals surface area contributed by atoms with Gasteiger partial charge in [0.2, 0.25) is 0 Å². The zero-order chi connectivity index (χ0) is 13.7. The second kappa shape index (κ2) is 6.85. The molecule has 1 aromatic heterocycles. The fraction of sp³-hybridized carbons (Fsp3) is 0.733. The third-order valence-corrected chi connectivity index (χ3v) is 3.75. The summed E-state index contributed by atoms with van der Waals surface area (Å²) in [6.07, 6.45) is 8.21. The van der Waals surface area contributed by atoms with Crippen LogP contribution in [0.2, 0.25) is 0 Å². The number of aryl methyl sites for hydroxylation is 2. The lowest BCUT2D eigenvalue weighted by Crippen LogP contribution is -2.23. The van der Waals surface area contributed by atoms with Crippen LogP contribution in [0.3, 0.4) is 0 Å². The van der Waals surface area contributed by atoms with Gasteiger partial charge >= 0.3 is 0 Å². The Morgan fingerprint density at radius 3 is 3.00 bits per heavy atom. The van der Waals surface area contributed by atoms with E-state index in [9.17, 15) is 0 Å². The highest BCUT2D eigenvalue weighted by atomic mass is 16.5. The smallest absolute Gasteiger partial charge is 0.135 e. The lowest BCUT2D eigenvalue weighted by atomic mass is 10.1. The van der Waals surface area contributed by atoms with Crippen molar-refractivity contribution in [1.82, 2.24) is 9.97 Å². The van der Waals surface area contributed by atoms with Gasteiger partial charge in [0.25, 0.3) is 0 Å². The van der Waals surface area contributed by atoms with E-state index in [-0.39, 0.29) is 0 Å². The van der Waals surface area contributed by atoms with Crippen LogP contribution < -0.4 is 4.90 Å². The van der Waals surface area contributed by atoms with Gasteiger partial charge in [-0.15, -0.1) is 0 Å². The Hall–Kier alpha value is -1.16. The predicted molar refractivity (Wildman–Crippen MR) is 77.6 cm³/mol. The molecule has 1 aliphatic heterocycles. The van der Waals surface area contributed by atoms with Crippen molar-refractivity contribution in [2.45, 2.75) is 52.1 Å². The Bertz CT molecular complexity index is 402. The average Bonchev–Trinajstić information content (AvgIpc) is 2.91. The highest BCUT2D eigenvalue weighted by Crippen LogP contribution is 2.19. The Morgan fingerprint density at radius 1 is 1.47 bits per heavy atom. The number of hydrogen-bond acceptors (Lipinski definition) is 4. The molecule has 0 aliphatic carbocycles. The van der Waals surface area contributed by atoms with Crippen LogP contribution >= 0.6 is 0 Å². The number of rotatable bonds is 6. The summed E-state index contributed by atoms with van der Waals surface area (Å²) < 4.78 is 5.66. The quantitative estimate of drug-likeness (QED) is 0.791. The first-order valence-corrected chi connectivity index (χ1v) is 7.36. The van der Waals surface area contributed by atoms with Crippen molar-refractivity contribution >= 4 is 5.82 Å². The van der Waals surface area contributed by atoms with Crippen molar-refractivity contribution in [3.8, 4) is 0 Å². The van der Waals surface area contributed by atoms with E-state index in [0.717, 1.165) is 44.1 Å². The molecule has 1 atom stereocenters. The molecule has 2 heterocycles. The van der Waals surface area contributed by atoms with E-state index in [1.165, 1.54) is 18.4 Å². The van der Waals surface area contributed by atoms with E-state index >= 15 is 0 Å². The van der Waals surface area contributed by atoms with E-state index < -0.39 is 0 Å². The van der Waals surface area contributed by atoms with Crippen LogP contribution in [0.15, 0.2) is 6.20 Å². The van der Waals surface area contributed by atoms with E-state index in [1.807, 2.05) is 13.1 Å². The van der Waals surface area contributed by atoms with Gasteiger partial charge < -0.3 is 9.64 Å². The molecule has 2 rings (SSSR count). The first kappa shape index (κ1) is 14.3. The number of hydrogen-bond donors (Lipinski definition) is 0. The minimum atomic E-state index is 0.492. The van der Waals surface area contributed by atoms with Gasteiger partial charge in [-0.3, -0.25) is 0 Å². The lowest BCUT2D eigenvalue weighted by Gasteiger charge is -2.21. The molecule has 1 saturated heterocycles. The van der Waals surface area contributed by atoms with Crippen LogP contribution in [0.4, 0.5) is 5.82 Å². The van der Waals surface area contributed by atoms with Crippen LogP contribution in [0.25, 0.3) is 0 Å². The van der Waals surface area contributed by atoms with Gasteiger partial charge in [-0.1, -0.05) is 6.92 Å². The molecule has 0 N–H and O–H groups in total. The van der Waals surface area contributed by atoms with Crippen LogP contribution in [-0.2, 0) is 11.2 Å². The molecule has 1 aliphatic rings. The molecular weight excluding hydrogens is 238 g/mol. The van der Waals surface area contributed by atoms with Crippen molar-refractivity contribution in [2.24, 2.45) is 0 Å². The summed E-state index contributed by atoms with van der Waals surface area (Å²) in [6, 6.07) is 0. The molecule has 0 amide bonds. The van der Waals surface area contributed by atoms with Gasteiger partial charge in [0.05, 0.1) is 6.10 Å². The molecule has 0 saturated carbocycles. The lowest BCUT2D eigenvalue weighted by molar-refractivity contribution is 0.103. The van der Waals surface area contributed by atoms with Crippen molar-refractivity contribution in [3.05, 3.63) is 17.6 Å². The normalized spacial score (nSPS) is 18.8. The molecule has 1 unspecified atom stereocenters. The maximum Gasteiger partial charge on any atom is 0.135 e. The molecule has 1 aromatic rings. The van der Waals surface area contributed by atoms with Crippen LogP contribution in [0.5, 0.6) is 0 Å². The fourth-order valence-corrected chi connectivity index (χ4v) is 2.60. The topological polar surface area (TPSA) is 38.2 Å². The third-order valence-electron chi connectivity index (χ3n) is 3.75. The maximum atomic E-state index is 5.66. The van der Waals surface area contributed by atoms with E-state index in [1.54, 1.807) is 0 Å². The van der Waals surface area contributed by atoms with E-state index in [0.29, 0.717) is 6.10 Å². The van der Waals surface area contributed by atoms with Crippen LogP contribution in [-0.4, -0.2) is 36.3 Å². The molecular formula is C15H25N3O. The standard InChI is InChI=1S/C15H25N3O/c1-4-13-11-16-12(2)17-15(13)18(3)9-5-7-14-8-6-10-19-14/h11,14H,4-10H2,1-3H3. The molecule has 4 nitrogen and oxygen atoms in total. The third kappa shape index (κ3) is 3.90. The number of anilines is 1. The van der Waals surface area contributed by atoms with Crippen LogP contribution in [0, 0.1) is 6.92 Å². The number of nitrogens with zero attached hydrogens (tertiary/aromatic N) is 3. The van der Waals surface area contributed by atoms with Gasteiger partial charge in [0.15, 0.2) is 0 Å². The Labute approximate surface area is 116 Å². The van der Waals surface area contributed by atoms with E-state index in [4.69, 9.17) is 4.74 Å². The van der Waals surface area contributed by atoms with Gasteiger partial charge in [0.1, 0.15) is 11.6 Å². The number of ether oxygens (including phenoxy) is 1. The summed E-state index contributed by atoms with van der Waals surface area (Å²) in [6.45, 7) is 6.08. The molecule has 19 heavy (non-hydrogen) atoms.